The quantitative estimate of drug-likeness (QED) is 0.801. The third-order valence-corrected chi connectivity index (χ3v) is 2.44. The van der Waals surface area contributed by atoms with Crippen LogP contribution < -0.4 is 4.74 Å². The van der Waals surface area contributed by atoms with Crippen LogP contribution >= 0.6 is 0 Å². The van der Waals surface area contributed by atoms with E-state index in [9.17, 15) is 5.11 Å². The fourth-order valence-electron chi connectivity index (χ4n) is 1.79. The van der Waals surface area contributed by atoms with Gasteiger partial charge in [0.05, 0.1) is 13.7 Å². The van der Waals surface area contributed by atoms with E-state index < -0.39 is 0 Å². The summed E-state index contributed by atoms with van der Waals surface area (Å²) in [5.74, 6) is 1.28. The fourth-order valence-corrected chi connectivity index (χ4v) is 1.79. The molecule has 0 saturated heterocycles. The first kappa shape index (κ1) is 11.1. The lowest BCUT2D eigenvalue weighted by Gasteiger charge is -2.17. The van der Waals surface area contributed by atoms with Gasteiger partial charge in [-0.25, -0.2) is 0 Å². The molecule has 0 fully saturated rings. The number of aryl methyl sites for hydroxylation is 1. The molecule has 0 amide bonds. The Morgan fingerprint density at radius 2 is 2.00 bits per heavy atom. The van der Waals surface area contributed by atoms with Crippen LogP contribution in [0.5, 0.6) is 5.75 Å². The van der Waals surface area contributed by atoms with E-state index in [1.807, 2.05) is 19.1 Å². The van der Waals surface area contributed by atoms with E-state index in [-0.39, 0.29) is 6.61 Å². The van der Waals surface area contributed by atoms with Gasteiger partial charge in [-0.2, -0.15) is 0 Å². The molecule has 14 heavy (non-hydrogen) atoms. The van der Waals surface area contributed by atoms with E-state index in [2.05, 4.69) is 13.8 Å². The van der Waals surface area contributed by atoms with Crippen molar-refractivity contribution in [3.63, 3.8) is 0 Å². The van der Waals surface area contributed by atoms with Gasteiger partial charge in [-0.05, 0) is 24.0 Å². The highest BCUT2D eigenvalue weighted by molar-refractivity contribution is 5.47. The van der Waals surface area contributed by atoms with Crippen LogP contribution in [-0.4, -0.2) is 12.2 Å². The molecule has 1 aromatic carbocycles. The highest BCUT2D eigenvalue weighted by Gasteiger charge is 2.14. The van der Waals surface area contributed by atoms with Gasteiger partial charge in [0.15, 0.2) is 0 Å². The van der Waals surface area contributed by atoms with Gasteiger partial charge in [0, 0.05) is 5.56 Å². The maximum Gasteiger partial charge on any atom is 0.125 e. The standard InChI is InChI=1S/C12H18O2/c1-8(2)11-10(7-13)6-5-9(3)12(11)14-4/h5-6,8,13H,7H2,1-4H3. The predicted octanol–water partition coefficient (Wildman–Crippen LogP) is 2.62. The molecule has 78 valence electrons. The molecule has 1 aromatic rings. The molecular weight excluding hydrogens is 176 g/mol. The lowest BCUT2D eigenvalue weighted by Crippen LogP contribution is -2.02. The molecule has 1 rings (SSSR count). The van der Waals surface area contributed by atoms with Crippen molar-refractivity contribution >= 4 is 0 Å². The van der Waals surface area contributed by atoms with Crippen LogP contribution in [-0.2, 0) is 6.61 Å². The largest absolute Gasteiger partial charge is 0.496 e. The summed E-state index contributed by atoms with van der Waals surface area (Å²) in [6.45, 7) is 6.31. The number of aliphatic hydroxyl groups is 1. The van der Waals surface area contributed by atoms with Crippen molar-refractivity contribution in [1.82, 2.24) is 0 Å². The zero-order valence-electron chi connectivity index (χ0n) is 9.29. The lowest BCUT2D eigenvalue weighted by atomic mass is 9.94. The van der Waals surface area contributed by atoms with Crippen molar-refractivity contribution in [2.45, 2.75) is 33.3 Å². The van der Waals surface area contributed by atoms with Crippen LogP contribution in [0.2, 0.25) is 0 Å². The Hall–Kier alpha value is -1.02. The zero-order valence-corrected chi connectivity index (χ0v) is 9.29. The predicted molar refractivity (Wildman–Crippen MR) is 57.7 cm³/mol. The first-order valence-electron chi connectivity index (χ1n) is 4.89. The van der Waals surface area contributed by atoms with E-state index in [0.717, 1.165) is 22.4 Å². The molecule has 0 aliphatic carbocycles. The minimum atomic E-state index is 0.0736. The Bertz CT molecular complexity index is 316. The number of hydrogen-bond donors (Lipinski definition) is 1. The molecule has 0 aromatic heterocycles. The van der Waals surface area contributed by atoms with E-state index in [0.29, 0.717) is 5.92 Å². The molecule has 2 nitrogen and oxygen atoms in total. The van der Waals surface area contributed by atoms with Gasteiger partial charge in [-0.1, -0.05) is 26.0 Å². The van der Waals surface area contributed by atoms with Crippen molar-refractivity contribution in [2.75, 3.05) is 7.11 Å². The Kier molecular flexibility index (Phi) is 3.53. The molecular formula is C12H18O2. The molecule has 0 saturated carbocycles. The third kappa shape index (κ3) is 1.90. The van der Waals surface area contributed by atoms with Crippen molar-refractivity contribution in [2.24, 2.45) is 0 Å². The van der Waals surface area contributed by atoms with E-state index in [1.165, 1.54) is 0 Å². The SMILES string of the molecule is COc1c(C)ccc(CO)c1C(C)C. The van der Waals surface area contributed by atoms with E-state index in [4.69, 9.17) is 4.74 Å². The average molecular weight is 194 g/mol. The highest BCUT2D eigenvalue weighted by Crippen LogP contribution is 2.32. The summed E-state index contributed by atoms with van der Waals surface area (Å²) in [5, 5.41) is 9.22. The lowest BCUT2D eigenvalue weighted by molar-refractivity contribution is 0.278. The molecule has 1 N–H and O–H groups in total. The van der Waals surface area contributed by atoms with Crippen LogP contribution in [0, 0.1) is 6.92 Å². The summed E-state index contributed by atoms with van der Waals surface area (Å²) >= 11 is 0. The third-order valence-electron chi connectivity index (χ3n) is 2.44. The molecule has 0 spiro atoms. The molecule has 2 heteroatoms. The van der Waals surface area contributed by atoms with Crippen LogP contribution in [0.3, 0.4) is 0 Å². The summed E-state index contributed by atoms with van der Waals surface area (Å²) in [4.78, 5) is 0. The first-order valence-corrected chi connectivity index (χ1v) is 4.89. The van der Waals surface area contributed by atoms with Crippen molar-refractivity contribution in [1.29, 1.82) is 0 Å². The zero-order chi connectivity index (χ0) is 10.7. The Balaban J connectivity index is 3.36. The Morgan fingerprint density at radius 3 is 2.43 bits per heavy atom. The second-order valence-corrected chi connectivity index (χ2v) is 3.80. The van der Waals surface area contributed by atoms with Crippen molar-refractivity contribution in [3.8, 4) is 5.75 Å². The molecule has 0 atom stereocenters. The molecule has 0 bridgehead atoms. The summed E-state index contributed by atoms with van der Waals surface area (Å²) in [6.07, 6.45) is 0. The van der Waals surface area contributed by atoms with E-state index >= 15 is 0 Å². The van der Waals surface area contributed by atoms with Gasteiger partial charge >= 0.3 is 0 Å². The molecule has 0 aliphatic heterocycles. The second kappa shape index (κ2) is 4.47. The summed E-state index contributed by atoms with van der Waals surface area (Å²) in [7, 11) is 1.68. The molecule has 0 aliphatic rings. The summed E-state index contributed by atoms with van der Waals surface area (Å²) in [5.41, 5.74) is 3.20. The molecule has 0 radical (unpaired) electrons. The van der Waals surface area contributed by atoms with Crippen molar-refractivity contribution < 1.29 is 9.84 Å². The van der Waals surface area contributed by atoms with Crippen molar-refractivity contribution in [3.05, 3.63) is 28.8 Å². The van der Waals surface area contributed by atoms with Gasteiger partial charge < -0.3 is 9.84 Å². The monoisotopic (exact) mass is 194 g/mol. The molecule has 0 unspecified atom stereocenters. The number of rotatable bonds is 3. The minimum Gasteiger partial charge on any atom is -0.496 e. The van der Waals surface area contributed by atoms with Gasteiger partial charge in [-0.15, -0.1) is 0 Å². The number of methoxy groups -OCH3 is 1. The number of aliphatic hydroxyl groups excluding tert-OH is 1. The number of benzene rings is 1. The minimum absolute atomic E-state index is 0.0736. The summed E-state index contributed by atoms with van der Waals surface area (Å²) in [6, 6.07) is 3.95. The van der Waals surface area contributed by atoms with E-state index in [1.54, 1.807) is 7.11 Å². The second-order valence-electron chi connectivity index (χ2n) is 3.80. The van der Waals surface area contributed by atoms with Crippen LogP contribution in [0.15, 0.2) is 12.1 Å². The maximum absolute atomic E-state index is 9.22. The maximum atomic E-state index is 9.22. The smallest absolute Gasteiger partial charge is 0.125 e. The van der Waals surface area contributed by atoms with Crippen LogP contribution in [0.1, 0.15) is 36.5 Å². The van der Waals surface area contributed by atoms with Crippen LogP contribution in [0.25, 0.3) is 0 Å². The topological polar surface area (TPSA) is 29.5 Å². The van der Waals surface area contributed by atoms with Gasteiger partial charge in [0.1, 0.15) is 5.75 Å². The van der Waals surface area contributed by atoms with Gasteiger partial charge in [0.2, 0.25) is 0 Å². The average Bonchev–Trinajstić information content (AvgIpc) is 2.17. The first-order chi connectivity index (χ1) is 6.61. The van der Waals surface area contributed by atoms with Crippen LogP contribution in [0.4, 0.5) is 0 Å². The highest BCUT2D eigenvalue weighted by atomic mass is 16.5. The van der Waals surface area contributed by atoms with Gasteiger partial charge in [0.25, 0.3) is 0 Å². The van der Waals surface area contributed by atoms with Gasteiger partial charge in [-0.3, -0.25) is 0 Å². The normalized spacial score (nSPS) is 10.7. The fraction of sp³-hybridized carbons (Fsp3) is 0.500. The Labute approximate surface area is 85.5 Å². The Morgan fingerprint density at radius 1 is 1.36 bits per heavy atom. The summed E-state index contributed by atoms with van der Waals surface area (Å²) < 4.78 is 5.37. The molecule has 0 heterocycles. The number of hydrogen-bond acceptors (Lipinski definition) is 2. The number of ether oxygens (including phenoxy) is 1.